The van der Waals surface area contributed by atoms with Crippen molar-refractivity contribution in [3.8, 4) is 11.4 Å². The lowest BCUT2D eigenvalue weighted by atomic mass is 9.97. The van der Waals surface area contributed by atoms with Gasteiger partial charge in [-0.15, -0.1) is 10.2 Å². The van der Waals surface area contributed by atoms with Gasteiger partial charge < -0.3 is 9.47 Å². The fourth-order valence-corrected chi connectivity index (χ4v) is 4.57. The van der Waals surface area contributed by atoms with E-state index in [1.807, 2.05) is 59.0 Å². The average molecular weight is 413 g/mol. The van der Waals surface area contributed by atoms with E-state index in [1.165, 1.54) is 17.3 Å². The maximum Gasteiger partial charge on any atom is 0.237 e. The third-order valence-electron chi connectivity index (χ3n) is 5.07. The summed E-state index contributed by atoms with van der Waals surface area (Å²) < 4.78 is 1.88. The van der Waals surface area contributed by atoms with Crippen LogP contribution in [0.3, 0.4) is 0 Å². The first-order valence-electron chi connectivity index (χ1n) is 9.23. The number of fused-ring (bicyclic) bond motifs is 1. The molecule has 0 spiro atoms. The van der Waals surface area contributed by atoms with Crippen LogP contribution >= 0.6 is 23.4 Å². The predicted molar refractivity (Wildman–Crippen MR) is 114 cm³/mol. The number of aromatic nitrogens is 3. The lowest BCUT2D eigenvalue weighted by Gasteiger charge is -2.35. The summed E-state index contributed by atoms with van der Waals surface area (Å²) in [5.41, 5.74) is 3.09. The molecule has 0 bridgehead atoms. The molecule has 144 valence electrons. The van der Waals surface area contributed by atoms with Gasteiger partial charge in [0.15, 0.2) is 11.0 Å². The molecule has 0 aliphatic carbocycles. The molecule has 2 heterocycles. The van der Waals surface area contributed by atoms with Crippen LogP contribution in [0.1, 0.15) is 18.9 Å². The van der Waals surface area contributed by atoms with Gasteiger partial charge in [-0.05, 0) is 43.5 Å². The molecule has 0 saturated carbocycles. The summed E-state index contributed by atoms with van der Waals surface area (Å²) in [5, 5.41) is 9.86. The van der Waals surface area contributed by atoms with Gasteiger partial charge in [0, 0.05) is 24.3 Å². The monoisotopic (exact) mass is 412 g/mol. The standard InChI is InChI=1S/C21H21ClN4OS/c1-14-11-12-15-7-3-6-10-18(15)26(14)19(27)13-28-21-24-23-20(25(21)2)16-8-4-5-9-17(16)22/h3-10,14H,11-13H2,1-2H3. The molecule has 5 nitrogen and oxygen atoms in total. The van der Waals surface area contributed by atoms with Gasteiger partial charge >= 0.3 is 0 Å². The van der Waals surface area contributed by atoms with Gasteiger partial charge in [0.1, 0.15) is 0 Å². The number of halogens is 1. The largest absolute Gasteiger partial charge is 0.309 e. The van der Waals surface area contributed by atoms with Crippen LogP contribution in [0.15, 0.2) is 53.7 Å². The van der Waals surface area contributed by atoms with Gasteiger partial charge in [-0.3, -0.25) is 4.79 Å². The van der Waals surface area contributed by atoms with Crippen molar-refractivity contribution in [1.29, 1.82) is 0 Å². The van der Waals surface area contributed by atoms with Crippen molar-refractivity contribution in [3.05, 3.63) is 59.1 Å². The minimum atomic E-state index is 0.0898. The Balaban J connectivity index is 1.51. The summed E-state index contributed by atoms with van der Waals surface area (Å²) in [4.78, 5) is 14.9. The average Bonchev–Trinajstić information content (AvgIpc) is 3.06. The number of carbonyl (C=O) groups excluding carboxylic acids is 1. The highest BCUT2D eigenvalue weighted by Gasteiger charge is 2.28. The smallest absolute Gasteiger partial charge is 0.237 e. The van der Waals surface area contributed by atoms with Crippen LogP contribution in [0.2, 0.25) is 5.02 Å². The Labute approximate surface area is 173 Å². The molecule has 0 saturated heterocycles. The fourth-order valence-electron chi connectivity index (χ4n) is 3.58. The van der Waals surface area contributed by atoms with E-state index in [4.69, 9.17) is 11.6 Å². The summed E-state index contributed by atoms with van der Waals surface area (Å²) in [5.74, 6) is 1.09. The molecule has 1 amide bonds. The number of amides is 1. The first kappa shape index (κ1) is 19.0. The summed E-state index contributed by atoms with van der Waals surface area (Å²) in [6.07, 6.45) is 1.99. The zero-order valence-electron chi connectivity index (χ0n) is 15.8. The Morgan fingerprint density at radius 3 is 2.75 bits per heavy atom. The molecule has 2 aromatic carbocycles. The van der Waals surface area contributed by atoms with Crippen molar-refractivity contribution in [3.63, 3.8) is 0 Å². The van der Waals surface area contributed by atoms with Crippen LogP contribution < -0.4 is 4.90 Å². The molecular formula is C21H21ClN4OS. The number of carbonyl (C=O) groups is 1. The van der Waals surface area contributed by atoms with Crippen LogP contribution in [0.25, 0.3) is 11.4 Å². The fraction of sp³-hybridized carbons (Fsp3) is 0.286. The number of benzene rings is 2. The molecule has 7 heteroatoms. The van der Waals surface area contributed by atoms with Crippen molar-refractivity contribution < 1.29 is 4.79 Å². The highest BCUT2D eigenvalue weighted by Crippen LogP contribution is 2.32. The molecule has 0 N–H and O–H groups in total. The number of thioether (sulfide) groups is 1. The Morgan fingerprint density at radius 1 is 1.18 bits per heavy atom. The number of hydrogen-bond acceptors (Lipinski definition) is 4. The SMILES string of the molecule is CC1CCc2ccccc2N1C(=O)CSc1nnc(-c2ccccc2Cl)n1C. The van der Waals surface area contributed by atoms with E-state index < -0.39 is 0 Å². The quantitative estimate of drug-likeness (QED) is 0.588. The summed E-state index contributed by atoms with van der Waals surface area (Å²) in [6.45, 7) is 2.11. The van der Waals surface area contributed by atoms with Gasteiger partial charge in [-0.2, -0.15) is 0 Å². The van der Waals surface area contributed by atoms with E-state index in [-0.39, 0.29) is 11.9 Å². The van der Waals surface area contributed by atoms with Crippen molar-refractivity contribution >= 4 is 35.0 Å². The Bertz CT molecular complexity index is 1020. The maximum absolute atomic E-state index is 13.0. The lowest BCUT2D eigenvalue weighted by Crippen LogP contribution is -2.43. The molecule has 1 atom stereocenters. The van der Waals surface area contributed by atoms with Crippen LogP contribution in [0.4, 0.5) is 5.69 Å². The molecule has 1 unspecified atom stereocenters. The van der Waals surface area contributed by atoms with Gasteiger partial charge in [-0.25, -0.2) is 0 Å². The molecule has 1 aliphatic heterocycles. The minimum absolute atomic E-state index is 0.0898. The zero-order valence-corrected chi connectivity index (χ0v) is 17.4. The predicted octanol–water partition coefficient (Wildman–Crippen LogP) is 4.60. The van der Waals surface area contributed by atoms with Crippen LogP contribution in [0.5, 0.6) is 0 Å². The third kappa shape index (κ3) is 3.54. The summed E-state index contributed by atoms with van der Waals surface area (Å²) in [6, 6.07) is 15.9. The first-order chi connectivity index (χ1) is 13.6. The molecular weight excluding hydrogens is 392 g/mol. The minimum Gasteiger partial charge on any atom is -0.309 e. The first-order valence-corrected chi connectivity index (χ1v) is 10.6. The Hall–Kier alpha value is -2.31. The number of anilines is 1. The Morgan fingerprint density at radius 2 is 1.93 bits per heavy atom. The number of nitrogens with zero attached hydrogens (tertiary/aromatic N) is 4. The molecule has 1 aromatic heterocycles. The van der Waals surface area contributed by atoms with E-state index in [1.54, 1.807) is 0 Å². The number of rotatable bonds is 4. The van der Waals surface area contributed by atoms with Gasteiger partial charge in [0.2, 0.25) is 5.91 Å². The second-order valence-electron chi connectivity index (χ2n) is 6.91. The number of para-hydroxylation sites is 1. The zero-order chi connectivity index (χ0) is 19.7. The van der Waals surface area contributed by atoms with E-state index in [2.05, 4.69) is 23.2 Å². The highest BCUT2D eigenvalue weighted by atomic mass is 35.5. The topological polar surface area (TPSA) is 51.0 Å². The van der Waals surface area contributed by atoms with Gasteiger partial charge in [0.05, 0.1) is 10.8 Å². The number of hydrogen-bond donors (Lipinski definition) is 0. The molecule has 3 aromatic rings. The van der Waals surface area contributed by atoms with E-state index in [0.29, 0.717) is 21.8 Å². The molecule has 28 heavy (non-hydrogen) atoms. The molecule has 0 fully saturated rings. The second kappa shape index (κ2) is 7.97. The Kier molecular flexibility index (Phi) is 5.42. The molecule has 1 aliphatic rings. The van der Waals surface area contributed by atoms with Crippen LogP contribution in [-0.2, 0) is 18.3 Å². The normalized spacial score (nSPS) is 16.1. The maximum atomic E-state index is 13.0. The highest BCUT2D eigenvalue weighted by molar-refractivity contribution is 7.99. The van der Waals surface area contributed by atoms with Crippen LogP contribution in [0, 0.1) is 0 Å². The molecule has 4 rings (SSSR count). The number of aryl methyl sites for hydroxylation is 1. The van der Waals surface area contributed by atoms with Gasteiger partial charge in [-0.1, -0.05) is 53.7 Å². The third-order valence-corrected chi connectivity index (χ3v) is 6.40. The van der Waals surface area contributed by atoms with E-state index in [9.17, 15) is 4.79 Å². The summed E-state index contributed by atoms with van der Waals surface area (Å²) in [7, 11) is 1.89. The van der Waals surface area contributed by atoms with Crippen molar-refractivity contribution in [2.45, 2.75) is 31.0 Å². The summed E-state index contributed by atoms with van der Waals surface area (Å²) >= 11 is 7.69. The van der Waals surface area contributed by atoms with Crippen LogP contribution in [-0.4, -0.2) is 32.5 Å². The molecule has 0 radical (unpaired) electrons. The van der Waals surface area contributed by atoms with Gasteiger partial charge in [0.25, 0.3) is 0 Å². The van der Waals surface area contributed by atoms with E-state index in [0.717, 1.165) is 24.1 Å². The van der Waals surface area contributed by atoms with Crippen molar-refractivity contribution in [1.82, 2.24) is 14.8 Å². The van der Waals surface area contributed by atoms with E-state index >= 15 is 0 Å². The lowest BCUT2D eigenvalue weighted by molar-refractivity contribution is -0.116. The van der Waals surface area contributed by atoms with Crippen molar-refractivity contribution in [2.24, 2.45) is 7.05 Å². The second-order valence-corrected chi connectivity index (χ2v) is 8.26. The van der Waals surface area contributed by atoms with Crippen molar-refractivity contribution in [2.75, 3.05) is 10.7 Å².